The Morgan fingerprint density at radius 1 is 1.71 bits per heavy atom. The van der Waals surface area contributed by atoms with Crippen molar-refractivity contribution in [3.05, 3.63) is 5.51 Å². The Kier molecular flexibility index (Phi) is 4.80. The maximum Gasteiger partial charge on any atom is 0.174 e. The monoisotopic (exact) mass is 233 g/mol. The van der Waals surface area contributed by atoms with Crippen LogP contribution in [-0.2, 0) is 0 Å². The van der Waals surface area contributed by atoms with Crippen LogP contribution in [0.25, 0.3) is 0 Å². The van der Waals surface area contributed by atoms with Crippen LogP contribution in [0, 0.1) is 0 Å². The fourth-order valence-electron chi connectivity index (χ4n) is 0.940. The van der Waals surface area contributed by atoms with Crippen LogP contribution < -0.4 is 5.73 Å². The quantitative estimate of drug-likeness (QED) is 0.569. The van der Waals surface area contributed by atoms with E-state index in [1.54, 1.807) is 28.6 Å². The number of aliphatic hydroxyl groups is 1. The van der Waals surface area contributed by atoms with E-state index >= 15 is 0 Å². The predicted molar refractivity (Wildman–Crippen MR) is 59.5 cm³/mol. The van der Waals surface area contributed by atoms with Crippen LogP contribution in [0.5, 0.6) is 0 Å². The highest BCUT2D eigenvalue weighted by molar-refractivity contribution is 8.00. The highest BCUT2D eigenvalue weighted by Gasteiger charge is 2.15. The summed E-state index contributed by atoms with van der Waals surface area (Å²) in [5.74, 6) is 0.974. The number of aliphatic hydroxyl groups excluding tert-OH is 1. The van der Waals surface area contributed by atoms with Gasteiger partial charge in [-0.1, -0.05) is 23.1 Å². The first kappa shape index (κ1) is 11.9. The number of rotatable bonds is 6. The van der Waals surface area contributed by atoms with E-state index < -0.39 is 5.54 Å². The van der Waals surface area contributed by atoms with Gasteiger partial charge < -0.3 is 10.8 Å². The maximum absolute atomic E-state index is 8.93. The number of aromatic nitrogens is 2. The summed E-state index contributed by atoms with van der Waals surface area (Å²) in [6, 6.07) is 0. The van der Waals surface area contributed by atoms with Gasteiger partial charge in [0.05, 0.1) is 6.61 Å². The third-order valence-electron chi connectivity index (χ3n) is 1.82. The van der Waals surface area contributed by atoms with Crippen molar-refractivity contribution in [2.24, 2.45) is 5.73 Å². The van der Waals surface area contributed by atoms with Gasteiger partial charge in [0.1, 0.15) is 5.51 Å². The van der Waals surface area contributed by atoms with Crippen LogP contribution in [0.4, 0.5) is 0 Å². The summed E-state index contributed by atoms with van der Waals surface area (Å²) in [6.45, 7) is 1.90. The molecule has 3 N–H and O–H groups in total. The molecule has 1 aromatic heterocycles. The first-order valence-electron chi connectivity index (χ1n) is 4.43. The second-order valence-electron chi connectivity index (χ2n) is 3.47. The van der Waals surface area contributed by atoms with Crippen molar-refractivity contribution in [3.63, 3.8) is 0 Å². The summed E-state index contributed by atoms with van der Waals surface area (Å²) < 4.78 is 0.993. The van der Waals surface area contributed by atoms with Crippen molar-refractivity contribution >= 4 is 23.1 Å². The number of nitrogens with two attached hydrogens (primary N) is 1. The topological polar surface area (TPSA) is 72.0 Å². The van der Waals surface area contributed by atoms with E-state index in [0.29, 0.717) is 0 Å². The predicted octanol–water partition coefficient (Wildman–Crippen LogP) is 1.12. The van der Waals surface area contributed by atoms with Crippen LogP contribution in [0.2, 0.25) is 0 Å². The zero-order valence-corrected chi connectivity index (χ0v) is 9.77. The molecule has 0 aliphatic carbocycles. The lowest BCUT2D eigenvalue weighted by Crippen LogP contribution is -2.40. The number of nitrogens with zero attached hydrogens (tertiary/aromatic N) is 2. The molecule has 6 heteroatoms. The van der Waals surface area contributed by atoms with E-state index in [4.69, 9.17) is 10.8 Å². The Balaban J connectivity index is 2.11. The molecule has 0 saturated carbocycles. The molecule has 4 nitrogen and oxygen atoms in total. The fraction of sp³-hybridized carbons (Fsp3) is 0.750. The largest absolute Gasteiger partial charge is 0.394 e. The Morgan fingerprint density at radius 2 is 2.50 bits per heavy atom. The van der Waals surface area contributed by atoms with Crippen molar-refractivity contribution in [2.45, 2.75) is 29.6 Å². The molecule has 0 spiro atoms. The standard InChI is InChI=1S/C8H15N3OS2/c1-8(9,5-12)3-2-4-13-7-11-10-6-14-7/h6,12H,2-5,9H2,1H3. The van der Waals surface area contributed by atoms with E-state index in [-0.39, 0.29) is 6.61 Å². The minimum atomic E-state index is -0.443. The average Bonchev–Trinajstić information content (AvgIpc) is 2.65. The van der Waals surface area contributed by atoms with E-state index in [1.165, 1.54) is 0 Å². The molecule has 1 heterocycles. The zero-order chi connectivity index (χ0) is 10.4. The summed E-state index contributed by atoms with van der Waals surface area (Å²) in [5.41, 5.74) is 7.07. The van der Waals surface area contributed by atoms with Gasteiger partial charge in [-0.25, -0.2) is 0 Å². The first-order valence-corrected chi connectivity index (χ1v) is 6.29. The molecular formula is C8H15N3OS2. The Morgan fingerprint density at radius 3 is 3.07 bits per heavy atom. The minimum Gasteiger partial charge on any atom is -0.394 e. The van der Waals surface area contributed by atoms with Crippen LogP contribution in [0.1, 0.15) is 19.8 Å². The molecule has 14 heavy (non-hydrogen) atoms. The van der Waals surface area contributed by atoms with E-state index in [9.17, 15) is 0 Å². The lowest BCUT2D eigenvalue weighted by atomic mass is 9.99. The molecule has 0 aliphatic rings. The number of thioether (sulfide) groups is 1. The molecular weight excluding hydrogens is 218 g/mol. The van der Waals surface area contributed by atoms with Crippen LogP contribution in [0.3, 0.4) is 0 Å². The van der Waals surface area contributed by atoms with E-state index in [2.05, 4.69) is 10.2 Å². The number of hydrogen-bond donors (Lipinski definition) is 2. The highest BCUT2D eigenvalue weighted by Crippen LogP contribution is 2.21. The Bertz CT molecular complexity index is 251. The lowest BCUT2D eigenvalue weighted by molar-refractivity contribution is 0.200. The third-order valence-corrected chi connectivity index (χ3v) is 3.77. The average molecular weight is 233 g/mol. The van der Waals surface area contributed by atoms with Crippen LogP contribution >= 0.6 is 23.1 Å². The summed E-state index contributed by atoms with van der Waals surface area (Å²) in [5, 5.41) is 16.6. The Labute approximate surface area is 91.9 Å². The van der Waals surface area contributed by atoms with Gasteiger partial charge in [-0.3, -0.25) is 0 Å². The van der Waals surface area contributed by atoms with Crippen molar-refractivity contribution in [2.75, 3.05) is 12.4 Å². The third kappa shape index (κ3) is 4.36. The van der Waals surface area contributed by atoms with Crippen molar-refractivity contribution in [1.29, 1.82) is 0 Å². The van der Waals surface area contributed by atoms with Gasteiger partial charge in [0.15, 0.2) is 4.34 Å². The van der Waals surface area contributed by atoms with Gasteiger partial charge >= 0.3 is 0 Å². The minimum absolute atomic E-state index is 0.0382. The normalized spacial score (nSPS) is 15.4. The molecule has 1 aromatic rings. The van der Waals surface area contributed by atoms with Crippen molar-refractivity contribution in [3.8, 4) is 0 Å². The van der Waals surface area contributed by atoms with Gasteiger partial charge in [-0.15, -0.1) is 10.2 Å². The molecule has 0 bridgehead atoms. The van der Waals surface area contributed by atoms with Gasteiger partial charge in [-0.2, -0.15) is 0 Å². The molecule has 1 unspecified atom stereocenters. The molecule has 0 saturated heterocycles. The van der Waals surface area contributed by atoms with Gasteiger partial charge in [-0.05, 0) is 19.8 Å². The SMILES string of the molecule is CC(N)(CO)CCCSc1nncs1. The van der Waals surface area contributed by atoms with Gasteiger partial charge in [0, 0.05) is 11.3 Å². The van der Waals surface area contributed by atoms with Gasteiger partial charge in [0.25, 0.3) is 0 Å². The molecule has 0 radical (unpaired) electrons. The first-order chi connectivity index (χ1) is 6.64. The number of hydrogen-bond acceptors (Lipinski definition) is 6. The Hall–Kier alpha value is -0.170. The summed E-state index contributed by atoms with van der Waals surface area (Å²) in [6.07, 6.45) is 1.81. The second-order valence-corrected chi connectivity index (χ2v) is 5.64. The van der Waals surface area contributed by atoms with Crippen molar-refractivity contribution < 1.29 is 5.11 Å². The molecule has 0 aromatic carbocycles. The smallest absolute Gasteiger partial charge is 0.174 e. The highest BCUT2D eigenvalue weighted by atomic mass is 32.2. The van der Waals surface area contributed by atoms with E-state index in [1.807, 2.05) is 6.92 Å². The van der Waals surface area contributed by atoms with Gasteiger partial charge in [0.2, 0.25) is 0 Å². The summed E-state index contributed by atoms with van der Waals surface area (Å²) >= 11 is 3.23. The second kappa shape index (κ2) is 5.65. The molecule has 0 amide bonds. The van der Waals surface area contributed by atoms with Crippen LogP contribution in [0.15, 0.2) is 9.85 Å². The molecule has 1 rings (SSSR count). The zero-order valence-electron chi connectivity index (χ0n) is 8.14. The lowest BCUT2D eigenvalue weighted by Gasteiger charge is -2.20. The fourth-order valence-corrected chi connectivity index (χ4v) is 2.44. The summed E-state index contributed by atoms with van der Waals surface area (Å²) in [7, 11) is 0. The molecule has 0 aliphatic heterocycles. The van der Waals surface area contributed by atoms with Crippen molar-refractivity contribution in [1.82, 2.24) is 10.2 Å². The molecule has 0 fully saturated rings. The maximum atomic E-state index is 8.93. The molecule has 80 valence electrons. The van der Waals surface area contributed by atoms with E-state index in [0.717, 1.165) is 22.9 Å². The summed E-state index contributed by atoms with van der Waals surface area (Å²) in [4.78, 5) is 0. The van der Waals surface area contributed by atoms with Crippen LogP contribution in [-0.4, -0.2) is 33.2 Å². The molecule has 1 atom stereocenters.